The average molecular weight is 238 g/mol. The molecule has 0 saturated heterocycles. The fourth-order valence-corrected chi connectivity index (χ4v) is 1.98. The molecule has 0 unspecified atom stereocenters. The first-order valence-electron chi connectivity index (χ1n) is 5.94. The number of aromatic nitrogens is 2. The van der Waals surface area contributed by atoms with Gasteiger partial charge in [-0.05, 0) is 24.6 Å². The number of hydrogen-bond donors (Lipinski definition) is 0. The van der Waals surface area contributed by atoms with Crippen molar-refractivity contribution in [2.24, 2.45) is 0 Å². The normalized spacial score (nSPS) is 10.7. The van der Waals surface area contributed by atoms with Gasteiger partial charge in [0.15, 0.2) is 0 Å². The summed E-state index contributed by atoms with van der Waals surface area (Å²) >= 11 is 0. The third kappa shape index (κ3) is 1.95. The number of pyridine rings is 1. The molecule has 0 aliphatic rings. The molecule has 3 nitrogen and oxygen atoms in total. The Hall–Kier alpha value is -2.29. The molecule has 2 heterocycles. The van der Waals surface area contributed by atoms with Crippen molar-refractivity contribution in [2.45, 2.75) is 13.5 Å². The Morgan fingerprint density at radius 1 is 1.11 bits per heavy atom. The average Bonchev–Trinajstić information content (AvgIpc) is 2.80. The molecular weight excluding hydrogens is 224 g/mol. The molecule has 0 aliphatic heterocycles. The van der Waals surface area contributed by atoms with Crippen LogP contribution in [0.2, 0.25) is 0 Å². The zero-order chi connectivity index (χ0) is 12.4. The summed E-state index contributed by atoms with van der Waals surface area (Å²) in [6.07, 6.45) is 3.84. The van der Waals surface area contributed by atoms with E-state index in [0.29, 0.717) is 6.61 Å². The maximum Gasteiger partial charge on any atom is 0.145 e. The number of imidazole rings is 1. The Morgan fingerprint density at radius 2 is 1.94 bits per heavy atom. The van der Waals surface area contributed by atoms with E-state index in [1.807, 2.05) is 54.0 Å². The van der Waals surface area contributed by atoms with Crippen LogP contribution in [0.1, 0.15) is 11.4 Å². The quantitative estimate of drug-likeness (QED) is 0.700. The first-order chi connectivity index (χ1) is 8.84. The summed E-state index contributed by atoms with van der Waals surface area (Å²) < 4.78 is 7.89. The lowest BCUT2D eigenvalue weighted by molar-refractivity contribution is 0.309. The van der Waals surface area contributed by atoms with Gasteiger partial charge in [0.25, 0.3) is 0 Å². The molecular formula is C15H14N2O. The largest absolute Gasteiger partial charge is 0.487 e. The van der Waals surface area contributed by atoms with Crippen molar-refractivity contribution in [3.8, 4) is 5.75 Å². The van der Waals surface area contributed by atoms with Crippen LogP contribution in [-0.2, 0) is 6.61 Å². The van der Waals surface area contributed by atoms with Gasteiger partial charge in [-0.1, -0.05) is 30.3 Å². The van der Waals surface area contributed by atoms with E-state index >= 15 is 0 Å². The summed E-state index contributed by atoms with van der Waals surface area (Å²) in [7, 11) is 0. The van der Waals surface area contributed by atoms with Crippen molar-refractivity contribution in [2.75, 3.05) is 0 Å². The van der Waals surface area contributed by atoms with Crippen LogP contribution in [0.5, 0.6) is 5.75 Å². The van der Waals surface area contributed by atoms with Crippen molar-refractivity contribution >= 4 is 5.52 Å². The van der Waals surface area contributed by atoms with E-state index < -0.39 is 0 Å². The SMILES string of the molecule is Cc1ncc2c(OCc3ccccc3)cccn12. The molecule has 0 fully saturated rings. The van der Waals surface area contributed by atoms with Crippen LogP contribution in [-0.4, -0.2) is 9.38 Å². The molecule has 1 aromatic carbocycles. The van der Waals surface area contributed by atoms with Gasteiger partial charge in [0, 0.05) is 6.20 Å². The Morgan fingerprint density at radius 3 is 2.78 bits per heavy atom. The highest BCUT2D eigenvalue weighted by Gasteiger charge is 2.05. The van der Waals surface area contributed by atoms with Gasteiger partial charge in [0.05, 0.1) is 6.20 Å². The summed E-state index contributed by atoms with van der Waals surface area (Å²) in [4.78, 5) is 4.29. The molecule has 0 amide bonds. The topological polar surface area (TPSA) is 26.5 Å². The molecule has 0 saturated carbocycles. The number of rotatable bonds is 3. The number of aryl methyl sites for hydroxylation is 1. The van der Waals surface area contributed by atoms with Gasteiger partial charge in [-0.3, -0.25) is 0 Å². The third-order valence-electron chi connectivity index (χ3n) is 2.95. The summed E-state index contributed by atoms with van der Waals surface area (Å²) in [6, 6.07) is 14.1. The van der Waals surface area contributed by atoms with Gasteiger partial charge in [0.1, 0.15) is 23.7 Å². The zero-order valence-corrected chi connectivity index (χ0v) is 10.2. The van der Waals surface area contributed by atoms with Crippen molar-refractivity contribution < 1.29 is 4.74 Å². The zero-order valence-electron chi connectivity index (χ0n) is 10.2. The first-order valence-corrected chi connectivity index (χ1v) is 5.94. The predicted octanol–water partition coefficient (Wildman–Crippen LogP) is 3.22. The highest BCUT2D eigenvalue weighted by atomic mass is 16.5. The van der Waals surface area contributed by atoms with Crippen LogP contribution in [0.25, 0.3) is 5.52 Å². The smallest absolute Gasteiger partial charge is 0.145 e. The van der Waals surface area contributed by atoms with Crippen LogP contribution in [0.4, 0.5) is 0 Å². The molecule has 2 aromatic heterocycles. The second-order valence-corrected chi connectivity index (χ2v) is 4.21. The number of benzene rings is 1. The molecule has 90 valence electrons. The molecule has 18 heavy (non-hydrogen) atoms. The number of fused-ring (bicyclic) bond motifs is 1. The van der Waals surface area contributed by atoms with Crippen LogP contribution in [0.3, 0.4) is 0 Å². The summed E-state index contributed by atoms with van der Waals surface area (Å²) in [6.45, 7) is 2.55. The van der Waals surface area contributed by atoms with Crippen molar-refractivity contribution in [3.05, 3.63) is 66.2 Å². The maximum absolute atomic E-state index is 5.86. The molecule has 3 rings (SSSR count). The predicted molar refractivity (Wildman–Crippen MR) is 70.7 cm³/mol. The second kappa shape index (κ2) is 4.53. The highest BCUT2D eigenvalue weighted by Crippen LogP contribution is 2.21. The number of ether oxygens (including phenoxy) is 1. The van der Waals surface area contributed by atoms with E-state index in [1.165, 1.54) is 0 Å². The molecule has 0 atom stereocenters. The number of nitrogens with zero attached hydrogens (tertiary/aromatic N) is 2. The van der Waals surface area contributed by atoms with E-state index in [2.05, 4.69) is 17.1 Å². The number of hydrogen-bond acceptors (Lipinski definition) is 2. The minimum Gasteiger partial charge on any atom is -0.487 e. The van der Waals surface area contributed by atoms with Gasteiger partial charge in [0.2, 0.25) is 0 Å². The third-order valence-corrected chi connectivity index (χ3v) is 2.95. The van der Waals surface area contributed by atoms with E-state index in [4.69, 9.17) is 4.74 Å². The summed E-state index contributed by atoms with van der Waals surface area (Å²) in [5.41, 5.74) is 2.17. The maximum atomic E-state index is 5.86. The van der Waals surface area contributed by atoms with Crippen LogP contribution in [0, 0.1) is 6.92 Å². The van der Waals surface area contributed by atoms with Crippen LogP contribution >= 0.6 is 0 Å². The minimum absolute atomic E-state index is 0.574. The molecule has 0 radical (unpaired) electrons. The second-order valence-electron chi connectivity index (χ2n) is 4.21. The van der Waals surface area contributed by atoms with Crippen molar-refractivity contribution in [1.29, 1.82) is 0 Å². The summed E-state index contributed by atoms with van der Waals surface area (Å²) in [5.74, 6) is 1.83. The van der Waals surface area contributed by atoms with E-state index in [-0.39, 0.29) is 0 Å². The van der Waals surface area contributed by atoms with E-state index in [0.717, 1.165) is 22.7 Å². The van der Waals surface area contributed by atoms with Crippen molar-refractivity contribution in [3.63, 3.8) is 0 Å². The lowest BCUT2D eigenvalue weighted by Crippen LogP contribution is -1.97. The van der Waals surface area contributed by atoms with E-state index in [9.17, 15) is 0 Å². The monoisotopic (exact) mass is 238 g/mol. The van der Waals surface area contributed by atoms with Gasteiger partial charge >= 0.3 is 0 Å². The van der Waals surface area contributed by atoms with Gasteiger partial charge in [-0.25, -0.2) is 4.98 Å². The lowest BCUT2D eigenvalue weighted by Gasteiger charge is -2.08. The fourth-order valence-electron chi connectivity index (χ4n) is 1.98. The van der Waals surface area contributed by atoms with Crippen LogP contribution < -0.4 is 4.74 Å². The van der Waals surface area contributed by atoms with Crippen molar-refractivity contribution in [1.82, 2.24) is 9.38 Å². The molecule has 0 bridgehead atoms. The Kier molecular flexibility index (Phi) is 2.73. The lowest BCUT2D eigenvalue weighted by atomic mass is 10.2. The molecule has 3 heteroatoms. The Balaban J connectivity index is 1.87. The first kappa shape index (κ1) is 10.8. The standard InChI is InChI=1S/C15H14N2O/c1-12-16-10-14-15(8-5-9-17(12)14)18-11-13-6-3-2-4-7-13/h2-10H,11H2,1H3. The molecule has 3 aromatic rings. The fraction of sp³-hybridized carbons (Fsp3) is 0.133. The Labute approximate surface area is 106 Å². The van der Waals surface area contributed by atoms with Gasteiger partial charge < -0.3 is 9.14 Å². The highest BCUT2D eigenvalue weighted by molar-refractivity contribution is 5.59. The molecule has 0 aliphatic carbocycles. The molecule has 0 spiro atoms. The van der Waals surface area contributed by atoms with Gasteiger partial charge in [-0.15, -0.1) is 0 Å². The van der Waals surface area contributed by atoms with E-state index in [1.54, 1.807) is 0 Å². The van der Waals surface area contributed by atoms with Crippen LogP contribution in [0.15, 0.2) is 54.9 Å². The minimum atomic E-state index is 0.574. The van der Waals surface area contributed by atoms with Gasteiger partial charge in [-0.2, -0.15) is 0 Å². The Bertz CT molecular complexity index is 659. The summed E-state index contributed by atoms with van der Waals surface area (Å²) in [5, 5.41) is 0. The molecule has 0 N–H and O–H groups in total.